The predicted octanol–water partition coefficient (Wildman–Crippen LogP) is 5.75. The number of Topliss-reactive ketones (excluding diaryl/α,β-unsaturated/α-hetero) is 1. The number of hydrogen-bond donors (Lipinski definition) is 0. The summed E-state index contributed by atoms with van der Waals surface area (Å²) in [6.45, 7) is 0. The lowest BCUT2D eigenvalue weighted by Crippen LogP contribution is -2.09. The van der Waals surface area contributed by atoms with Crippen LogP contribution < -0.4 is 0 Å². The molecule has 0 unspecified atom stereocenters. The summed E-state index contributed by atoms with van der Waals surface area (Å²) in [5.74, 6) is 6.85. The molecule has 0 heterocycles. The van der Waals surface area contributed by atoms with Crippen molar-refractivity contribution >= 4 is 17.5 Å². The SMILES string of the molecule is O=C(C[C@@H](C#Cc1ccc(F)cc1)SCc1ccccc1)c1ccccc1. The van der Waals surface area contributed by atoms with Crippen molar-refractivity contribution in [1.82, 2.24) is 0 Å². The van der Waals surface area contributed by atoms with Crippen LogP contribution in [-0.2, 0) is 5.75 Å². The summed E-state index contributed by atoms with van der Waals surface area (Å²) >= 11 is 1.65. The first-order valence-electron chi connectivity index (χ1n) is 8.71. The molecule has 0 fully saturated rings. The van der Waals surface area contributed by atoms with Crippen LogP contribution in [0.3, 0.4) is 0 Å². The number of thioether (sulfide) groups is 1. The molecule has 0 N–H and O–H groups in total. The molecule has 0 saturated heterocycles. The first-order chi connectivity index (χ1) is 13.2. The number of ketones is 1. The Labute approximate surface area is 163 Å². The molecule has 0 aliphatic rings. The Morgan fingerprint density at radius 1 is 0.889 bits per heavy atom. The van der Waals surface area contributed by atoms with Crippen LogP contribution in [-0.4, -0.2) is 11.0 Å². The van der Waals surface area contributed by atoms with E-state index in [1.165, 1.54) is 17.7 Å². The number of rotatable bonds is 6. The maximum Gasteiger partial charge on any atom is 0.164 e. The quantitative estimate of drug-likeness (QED) is 0.403. The van der Waals surface area contributed by atoms with Gasteiger partial charge in [0.15, 0.2) is 5.78 Å². The van der Waals surface area contributed by atoms with E-state index < -0.39 is 0 Å². The van der Waals surface area contributed by atoms with Crippen molar-refractivity contribution in [2.24, 2.45) is 0 Å². The van der Waals surface area contributed by atoms with Crippen LogP contribution in [0.1, 0.15) is 27.9 Å². The van der Waals surface area contributed by atoms with Crippen molar-refractivity contribution in [3.05, 3.63) is 107 Å². The topological polar surface area (TPSA) is 17.1 Å². The molecule has 0 saturated carbocycles. The van der Waals surface area contributed by atoms with Gasteiger partial charge in [0.2, 0.25) is 0 Å². The molecule has 0 amide bonds. The Bertz CT molecular complexity index is 925. The number of halogens is 1. The standard InChI is InChI=1S/C24H19FOS/c25-22-14-11-19(12-15-22)13-16-23(27-18-20-7-3-1-4-8-20)17-24(26)21-9-5-2-6-10-21/h1-12,14-15,23H,17-18H2/t23-/m1/s1. The molecule has 0 aliphatic carbocycles. The zero-order chi connectivity index (χ0) is 18.9. The van der Waals surface area contributed by atoms with Gasteiger partial charge in [-0.05, 0) is 29.8 Å². The molecule has 3 aromatic carbocycles. The summed E-state index contributed by atoms with van der Waals surface area (Å²) in [4.78, 5) is 12.6. The highest BCUT2D eigenvalue weighted by atomic mass is 32.2. The average Bonchev–Trinajstić information content (AvgIpc) is 2.72. The zero-order valence-corrected chi connectivity index (χ0v) is 15.6. The van der Waals surface area contributed by atoms with Gasteiger partial charge in [0.1, 0.15) is 5.82 Å². The van der Waals surface area contributed by atoms with Gasteiger partial charge in [0.25, 0.3) is 0 Å². The summed E-state index contributed by atoms with van der Waals surface area (Å²) in [7, 11) is 0. The van der Waals surface area contributed by atoms with Gasteiger partial charge in [-0.2, -0.15) is 0 Å². The lowest BCUT2D eigenvalue weighted by Gasteiger charge is -2.10. The molecule has 1 nitrogen and oxygen atoms in total. The van der Waals surface area contributed by atoms with Crippen LogP contribution in [0.5, 0.6) is 0 Å². The Morgan fingerprint density at radius 2 is 1.52 bits per heavy atom. The maximum atomic E-state index is 13.1. The molecular weight excluding hydrogens is 355 g/mol. The van der Waals surface area contributed by atoms with E-state index in [9.17, 15) is 9.18 Å². The van der Waals surface area contributed by atoms with E-state index in [1.807, 2.05) is 48.5 Å². The molecule has 0 radical (unpaired) electrons. The van der Waals surface area contributed by atoms with Crippen molar-refractivity contribution < 1.29 is 9.18 Å². The number of hydrogen-bond acceptors (Lipinski definition) is 2. The highest BCUT2D eigenvalue weighted by Gasteiger charge is 2.14. The van der Waals surface area contributed by atoms with Crippen molar-refractivity contribution in [3.63, 3.8) is 0 Å². The summed E-state index contributed by atoms with van der Waals surface area (Å²) in [5.41, 5.74) is 2.64. The Hall–Kier alpha value is -2.83. The Balaban J connectivity index is 1.73. The molecule has 3 aromatic rings. The van der Waals surface area contributed by atoms with E-state index in [1.54, 1.807) is 23.9 Å². The third-order valence-electron chi connectivity index (χ3n) is 3.98. The molecule has 134 valence electrons. The molecule has 27 heavy (non-hydrogen) atoms. The van der Waals surface area contributed by atoms with Gasteiger partial charge in [-0.15, -0.1) is 11.8 Å². The lowest BCUT2D eigenvalue weighted by atomic mass is 10.1. The first-order valence-corrected chi connectivity index (χ1v) is 9.76. The molecular formula is C24H19FOS. The van der Waals surface area contributed by atoms with Crippen molar-refractivity contribution in [3.8, 4) is 11.8 Å². The van der Waals surface area contributed by atoms with Gasteiger partial charge in [-0.25, -0.2) is 4.39 Å². The molecule has 1 atom stereocenters. The largest absolute Gasteiger partial charge is 0.294 e. The first kappa shape index (κ1) is 18.9. The fraction of sp³-hybridized carbons (Fsp3) is 0.125. The van der Waals surface area contributed by atoms with E-state index in [0.29, 0.717) is 12.0 Å². The smallest absolute Gasteiger partial charge is 0.164 e. The number of carbonyl (C=O) groups is 1. The van der Waals surface area contributed by atoms with Crippen molar-refractivity contribution in [2.75, 3.05) is 0 Å². The second-order valence-corrected chi connectivity index (χ2v) is 7.25. The third kappa shape index (κ3) is 6.13. The highest BCUT2D eigenvalue weighted by Crippen LogP contribution is 2.22. The molecule has 3 rings (SSSR count). The Kier molecular flexibility index (Phi) is 6.84. The minimum atomic E-state index is -0.283. The summed E-state index contributed by atoms with van der Waals surface area (Å²) in [6.07, 6.45) is 0.343. The van der Waals surface area contributed by atoms with E-state index in [4.69, 9.17) is 0 Å². The van der Waals surface area contributed by atoms with E-state index in [0.717, 1.165) is 11.3 Å². The summed E-state index contributed by atoms with van der Waals surface area (Å²) in [6, 6.07) is 25.5. The van der Waals surface area contributed by atoms with Crippen molar-refractivity contribution in [1.29, 1.82) is 0 Å². The van der Waals surface area contributed by atoms with Crippen molar-refractivity contribution in [2.45, 2.75) is 17.4 Å². The van der Waals surface area contributed by atoms with Crippen LogP contribution in [0.15, 0.2) is 84.9 Å². The normalized spacial score (nSPS) is 11.3. The Morgan fingerprint density at radius 3 is 2.19 bits per heavy atom. The van der Waals surface area contributed by atoms with Gasteiger partial charge < -0.3 is 0 Å². The van der Waals surface area contributed by atoms with E-state index in [-0.39, 0.29) is 16.9 Å². The van der Waals surface area contributed by atoms with E-state index in [2.05, 4.69) is 24.0 Å². The maximum absolute atomic E-state index is 13.1. The predicted molar refractivity (Wildman–Crippen MR) is 110 cm³/mol. The zero-order valence-electron chi connectivity index (χ0n) is 14.8. The molecule has 3 heteroatoms. The fourth-order valence-corrected chi connectivity index (χ4v) is 3.53. The molecule has 0 spiro atoms. The van der Waals surface area contributed by atoms with Crippen LogP contribution in [0, 0.1) is 17.7 Å². The van der Waals surface area contributed by atoms with Crippen LogP contribution in [0.2, 0.25) is 0 Å². The van der Waals surface area contributed by atoms with Gasteiger partial charge >= 0.3 is 0 Å². The third-order valence-corrected chi connectivity index (χ3v) is 5.17. The fourth-order valence-electron chi connectivity index (χ4n) is 2.53. The van der Waals surface area contributed by atoms with Crippen LogP contribution >= 0.6 is 11.8 Å². The summed E-state index contributed by atoms with van der Waals surface area (Å²) < 4.78 is 13.1. The second kappa shape index (κ2) is 9.75. The molecule has 0 aromatic heterocycles. The van der Waals surface area contributed by atoms with Gasteiger partial charge in [-0.1, -0.05) is 72.5 Å². The minimum Gasteiger partial charge on any atom is -0.294 e. The monoisotopic (exact) mass is 374 g/mol. The van der Waals surface area contributed by atoms with Gasteiger partial charge in [0, 0.05) is 23.3 Å². The average molecular weight is 374 g/mol. The molecule has 0 bridgehead atoms. The number of benzene rings is 3. The van der Waals surface area contributed by atoms with Gasteiger partial charge in [0.05, 0.1) is 5.25 Å². The lowest BCUT2D eigenvalue weighted by molar-refractivity contribution is 0.0986. The number of carbonyl (C=O) groups excluding carboxylic acids is 1. The van der Waals surface area contributed by atoms with Crippen LogP contribution in [0.25, 0.3) is 0 Å². The second-order valence-electron chi connectivity index (χ2n) is 6.05. The highest BCUT2D eigenvalue weighted by molar-refractivity contribution is 7.99. The molecule has 0 aliphatic heterocycles. The van der Waals surface area contributed by atoms with Crippen LogP contribution in [0.4, 0.5) is 4.39 Å². The van der Waals surface area contributed by atoms with Gasteiger partial charge in [-0.3, -0.25) is 4.79 Å². The van der Waals surface area contributed by atoms with E-state index >= 15 is 0 Å². The summed E-state index contributed by atoms with van der Waals surface area (Å²) in [5, 5.41) is -0.136. The minimum absolute atomic E-state index is 0.0783.